The van der Waals surface area contributed by atoms with Crippen LogP contribution in [0.25, 0.3) is 0 Å². The van der Waals surface area contributed by atoms with Gasteiger partial charge in [-0.1, -0.05) is 26.2 Å². The van der Waals surface area contributed by atoms with Gasteiger partial charge in [-0.25, -0.2) is 0 Å². The van der Waals surface area contributed by atoms with Crippen LogP contribution in [0, 0.1) is 0 Å². The Morgan fingerprint density at radius 1 is 1.21 bits per heavy atom. The third-order valence-electron chi connectivity index (χ3n) is 3.14. The summed E-state index contributed by atoms with van der Waals surface area (Å²) in [5.41, 5.74) is 0. The minimum absolute atomic E-state index is 0.363. The van der Waals surface area contributed by atoms with Crippen LogP contribution in [0.3, 0.4) is 0 Å². The molecule has 0 saturated heterocycles. The molecule has 0 unspecified atom stereocenters. The first-order valence-corrected chi connectivity index (χ1v) is 6.09. The Hall–Kier alpha value is -0.530. The smallest absolute Gasteiger partial charge is 0.222 e. The normalized spacial score (nSPS) is 18.1. The summed E-state index contributed by atoms with van der Waals surface area (Å²) < 4.78 is 0. The predicted molar refractivity (Wildman–Crippen MR) is 59.2 cm³/mol. The van der Waals surface area contributed by atoms with E-state index >= 15 is 0 Å². The molecule has 0 radical (unpaired) electrons. The first kappa shape index (κ1) is 11.5. The van der Waals surface area contributed by atoms with Gasteiger partial charge < -0.3 is 4.90 Å². The van der Waals surface area contributed by atoms with Crippen molar-refractivity contribution in [2.24, 2.45) is 0 Å². The molecule has 0 bridgehead atoms. The van der Waals surface area contributed by atoms with Gasteiger partial charge in [0.05, 0.1) is 0 Å². The van der Waals surface area contributed by atoms with Crippen molar-refractivity contribution >= 4 is 5.91 Å². The highest BCUT2D eigenvalue weighted by molar-refractivity contribution is 5.76. The molecule has 0 aromatic heterocycles. The van der Waals surface area contributed by atoms with Crippen molar-refractivity contribution in [3.63, 3.8) is 0 Å². The Morgan fingerprint density at radius 2 is 1.86 bits per heavy atom. The molecule has 0 aromatic carbocycles. The van der Waals surface area contributed by atoms with Crippen LogP contribution >= 0.6 is 0 Å². The van der Waals surface area contributed by atoms with E-state index in [-0.39, 0.29) is 0 Å². The number of hydrogen-bond donors (Lipinski definition) is 0. The molecule has 1 saturated carbocycles. The highest BCUT2D eigenvalue weighted by Gasteiger charge is 2.22. The molecule has 0 aliphatic heterocycles. The quantitative estimate of drug-likeness (QED) is 0.678. The van der Waals surface area contributed by atoms with E-state index in [0.717, 1.165) is 19.4 Å². The number of nitrogens with zero attached hydrogens (tertiary/aromatic N) is 1. The van der Waals surface area contributed by atoms with Gasteiger partial charge in [-0.15, -0.1) is 0 Å². The molecule has 1 aliphatic carbocycles. The largest absolute Gasteiger partial charge is 0.340 e. The van der Waals surface area contributed by atoms with Crippen molar-refractivity contribution in [1.82, 2.24) is 4.90 Å². The fourth-order valence-electron chi connectivity index (χ4n) is 2.39. The lowest BCUT2D eigenvalue weighted by molar-refractivity contribution is -0.134. The monoisotopic (exact) mass is 197 g/mol. The Morgan fingerprint density at radius 3 is 2.36 bits per heavy atom. The molecular weight excluding hydrogens is 174 g/mol. The molecule has 1 amide bonds. The van der Waals surface area contributed by atoms with Gasteiger partial charge in [0.25, 0.3) is 0 Å². The molecule has 0 heterocycles. The third kappa shape index (κ3) is 3.00. The molecule has 2 heteroatoms. The van der Waals surface area contributed by atoms with E-state index in [1.165, 1.54) is 32.1 Å². The number of carbonyl (C=O) groups is 1. The average molecular weight is 197 g/mol. The lowest BCUT2D eigenvalue weighted by Gasteiger charge is -2.33. The van der Waals surface area contributed by atoms with Gasteiger partial charge in [-0.3, -0.25) is 4.79 Å². The summed E-state index contributed by atoms with van der Waals surface area (Å²) in [5.74, 6) is 0.363. The van der Waals surface area contributed by atoms with E-state index in [2.05, 4.69) is 18.7 Å². The first-order valence-electron chi connectivity index (χ1n) is 6.09. The Bertz CT molecular complexity index is 173. The van der Waals surface area contributed by atoms with Gasteiger partial charge in [-0.2, -0.15) is 0 Å². The maximum Gasteiger partial charge on any atom is 0.222 e. The second kappa shape index (κ2) is 6.05. The van der Waals surface area contributed by atoms with Crippen LogP contribution in [-0.2, 0) is 4.79 Å². The van der Waals surface area contributed by atoms with Crippen molar-refractivity contribution in [1.29, 1.82) is 0 Å². The van der Waals surface area contributed by atoms with Crippen molar-refractivity contribution in [2.45, 2.75) is 64.8 Å². The maximum atomic E-state index is 11.8. The zero-order valence-corrected chi connectivity index (χ0v) is 9.59. The molecule has 0 spiro atoms. The molecule has 1 aliphatic rings. The van der Waals surface area contributed by atoms with Crippen LogP contribution in [0.15, 0.2) is 0 Å². The van der Waals surface area contributed by atoms with Crippen LogP contribution < -0.4 is 0 Å². The summed E-state index contributed by atoms with van der Waals surface area (Å²) in [7, 11) is 0. The van der Waals surface area contributed by atoms with Gasteiger partial charge in [0.1, 0.15) is 0 Å². The molecule has 1 rings (SSSR count). The van der Waals surface area contributed by atoms with Crippen molar-refractivity contribution in [3.8, 4) is 0 Å². The average Bonchev–Trinajstić information content (AvgIpc) is 2.21. The number of hydrogen-bond acceptors (Lipinski definition) is 1. The molecule has 2 nitrogen and oxygen atoms in total. The van der Waals surface area contributed by atoms with Crippen LogP contribution in [0.5, 0.6) is 0 Å². The number of rotatable bonds is 4. The SMILES string of the molecule is CCCC(=O)N(CC)C1CCCCC1. The molecule has 0 N–H and O–H groups in total. The van der Waals surface area contributed by atoms with Crippen LogP contribution in [0.2, 0.25) is 0 Å². The zero-order valence-electron chi connectivity index (χ0n) is 9.59. The van der Waals surface area contributed by atoms with Crippen molar-refractivity contribution in [3.05, 3.63) is 0 Å². The van der Waals surface area contributed by atoms with E-state index < -0.39 is 0 Å². The van der Waals surface area contributed by atoms with E-state index in [9.17, 15) is 4.79 Å². The summed E-state index contributed by atoms with van der Waals surface area (Å²) in [5, 5.41) is 0. The fraction of sp³-hybridized carbons (Fsp3) is 0.917. The van der Waals surface area contributed by atoms with Gasteiger partial charge in [0, 0.05) is 19.0 Å². The highest BCUT2D eigenvalue weighted by Crippen LogP contribution is 2.23. The third-order valence-corrected chi connectivity index (χ3v) is 3.14. The standard InChI is InChI=1S/C12H23NO/c1-3-8-12(14)13(4-2)11-9-6-5-7-10-11/h11H,3-10H2,1-2H3. The van der Waals surface area contributed by atoms with Crippen LogP contribution in [-0.4, -0.2) is 23.4 Å². The lowest BCUT2D eigenvalue weighted by atomic mass is 9.94. The van der Waals surface area contributed by atoms with Gasteiger partial charge in [0.2, 0.25) is 5.91 Å². The summed E-state index contributed by atoms with van der Waals surface area (Å²) in [6, 6.07) is 0.549. The topological polar surface area (TPSA) is 20.3 Å². The second-order valence-electron chi connectivity index (χ2n) is 4.22. The molecule has 82 valence electrons. The Kier molecular flexibility index (Phi) is 4.99. The predicted octanol–water partition coefficient (Wildman–Crippen LogP) is 2.97. The Labute approximate surface area is 87.7 Å². The summed E-state index contributed by atoms with van der Waals surface area (Å²) in [4.78, 5) is 13.9. The molecular formula is C12H23NO. The van der Waals surface area contributed by atoms with Gasteiger partial charge in [-0.05, 0) is 26.2 Å². The molecule has 0 atom stereocenters. The van der Waals surface area contributed by atoms with E-state index in [4.69, 9.17) is 0 Å². The van der Waals surface area contributed by atoms with Gasteiger partial charge in [0.15, 0.2) is 0 Å². The number of carbonyl (C=O) groups excluding carboxylic acids is 1. The number of amides is 1. The summed E-state index contributed by atoms with van der Waals surface area (Å²) in [6.07, 6.45) is 8.12. The maximum absolute atomic E-state index is 11.8. The zero-order chi connectivity index (χ0) is 10.4. The first-order chi connectivity index (χ1) is 6.79. The molecule has 0 aromatic rings. The molecule has 1 fully saturated rings. The summed E-state index contributed by atoms with van der Waals surface area (Å²) >= 11 is 0. The van der Waals surface area contributed by atoms with E-state index in [1.807, 2.05) is 0 Å². The van der Waals surface area contributed by atoms with Gasteiger partial charge >= 0.3 is 0 Å². The van der Waals surface area contributed by atoms with Crippen molar-refractivity contribution < 1.29 is 4.79 Å². The Balaban J connectivity index is 2.46. The fourth-order valence-corrected chi connectivity index (χ4v) is 2.39. The van der Waals surface area contributed by atoms with E-state index in [0.29, 0.717) is 11.9 Å². The molecule has 14 heavy (non-hydrogen) atoms. The minimum Gasteiger partial charge on any atom is -0.340 e. The lowest BCUT2D eigenvalue weighted by Crippen LogP contribution is -2.41. The van der Waals surface area contributed by atoms with Crippen molar-refractivity contribution in [2.75, 3.05) is 6.54 Å². The second-order valence-corrected chi connectivity index (χ2v) is 4.22. The summed E-state index contributed by atoms with van der Waals surface area (Å²) in [6.45, 7) is 5.07. The van der Waals surface area contributed by atoms with E-state index in [1.54, 1.807) is 0 Å². The van der Waals surface area contributed by atoms with Crippen LogP contribution in [0.4, 0.5) is 0 Å². The van der Waals surface area contributed by atoms with Crippen LogP contribution in [0.1, 0.15) is 58.8 Å². The minimum atomic E-state index is 0.363. The highest BCUT2D eigenvalue weighted by atomic mass is 16.2.